The maximum atomic E-state index is 11.9. The highest BCUT2D eigenvalue weighted by atomic mass is 16.6. The van der Waals surface area contributed by atoms with Crippen LogP contribution in [0.15, 0.2) is 47.2 Å². The zero-order valence-corrected chi connectivity index (χ0v) is 11.8. The van der Waals surface area contributed by atoms with Crippen molar-refractivity contribution >= 4 is 11.5 Å². The number of rotatable bonds is 2. The van der Waals surface area contributed by atoms with E-state index >= 15 is 0 Å². The lowest BCUT2D eigenvalue weighted by Gasteiger charge is -2.31. The fourth-order valence-electron chi connectivity index (χ4n) is 2.91. The molecule has 3 rings (SSSR count). The molecule has 1 N–H and O–H groups in total. The monoisotopic (exact) mass is 284 g/mol. The first kappa shape index (κ1) is 13.5. The summed E-state index contributed by atoms with van der Waals surface area (Å²) in [4.78, 5) is 22.2. The van der Waals surface area contributed by atoms with Gasteiger partial charge < -0.3 is 5.32 Å². The lowest BCUT2D eigenvalue weighted by atomic mass is 9.86. The summed E-state index contributed by atoms with van der Waals surface area (Å²) in [5.41, 5.74) is 3.91. The summed E-state index contributed by atoms with van der Waals surface area (Å²) in [6, 6.07) is 6.54. The quantitative estimate of drug-likeness (QED) is 0.668. The van der Waals surface area contributed by atoms with Gasteiger partial charge in [0.25, 0.3) is 5.69 Å². The Hall–Kier alpha value is -2.43. The molecule has 2 aliphatic rings. The molecule has 0 saturated heterocycles. The molecule has 0 amide bonds. The number of hydrogen-bond acceptors (Lipinski definition) is 4. The van der Waals surface area contributed by atoms with Crippen LogP contribution in [0.1, 0.15) is 37.8 Å². The van der Waals surface area contributed by atoms with Crippen molar-refractivity contribution in [2.75, 3.05) is 0 Å². The van der Waals surface area contributed by atoms with Gasteiger partial charge in [-0.3, -0.25) is 14.9 Å². The molecule has 1 aromatic rings. The van der Waals surface area contributed by atoms with Crippen molar-refractivity contribution in [1.29, 1.82) is 0 Å². The molecule has 0 saturated carbocycles. The summed E-state index contributed by atoms with van der Waals surface area (Å²) in [5, 5.41) is 14.1. The Morgan fingerprint density at radius 1 is 1.24 bits per heavy atom. The molecule has 0 aromatic heterocycles. The number of non-ortho nitro benzene ring substituents is 1. The Kier molecular flexibility index (Phi) is 3.33. The Balaban J connectivity index is 1.90. The first-order chi connectivity index (χ1) is 10.1. The van der Waals surface area contributed by atoms with Gasteiger partial charge in [-0.05, 0) is 49.1 Å². The van der Waals surface area contributed by atoms with Crippen LogP contribution < -0.4 is 5.32 Å². The summed E-state index contributed by atoms with van der Waals surface area (Å²) in [7, 11) is 0. The predicted molar refractivity (Wildman–Crippen MR) is 78.6 cm³/mol. The Bertz CT molecular complexity index is 671. The first-order valence-electron chi connectivity index (χ1n) is 7.01. The molecule has 1 aromatic carbocycles. The van der Waals surface area contributed by atoms with Gasteiger partial charge >= 0.3 is 0 Å². The molecule has 5 heteroatoms. The molecular formula is C16H16N2O3. The van der Waals surface area contributed by atoms with E-state index in [-0.39, 0.29) is 17.5 Å². The van der Waals surface area contributed by atoms with Crippen molar-refractivity contribution < 1.29 is 9.72 Å². The Labute approximate surface area is 122 Å². The van der Waals surface area contributed by atoms with Gasteiger partial charge in [0.05, 0.1) is 11.0 Å². The van der Waals surface area contributed by atoms with Crippen molar-refractivity contribution in [2.24, 2.45) is 0 Å². The molecule has 0 radical (unpaired) electrons. The summed E-state index contributed by atoms with van der Waals surface area (Å²) >= 11 is 0. The molecule has 1 heterocycles. The van der Waals surface area contributed by atoms with Crippen molar-refractivity contribution in [3.05, 3.63) is 62.9 Å². The summed E-state index contributed by atoms with van der Waals surface area (Å²) in [5.74, 6) is 0.199. The van der Waals surface area contributed by atoms with Crippen molar-refractivity contribution in [3.8, 4) is 0 Å². The number of Topliss-reactive ketones (excluding diaryl/α,β-unsaturated/α-hetero) is 1. The SMILES string of the molecule is CC1=CC2=C(CCCC2=O)NC1c1ccc([N+](=O)[O-])cc1. The highest BCUT2D eigenvalue weighted by molar-refractivity contribution is 6.00. The second-order valence-electron chi connectivity index (χ2n) is 5.48. The van der Waals surface area contributed by atoms with Gasteiger partial charge in [-0.25, -0.2) is 0 Å². The van der Waals surface area contributed by atoms with Crippen LogP contribution in [-0.2, 0) is 4.79 Å². The van der Waals surface area contributed by atoms with E-state index in [9.17, 15) is 14.9 Å². The first-order valence-corrected chi connectivity index (χ1v) is 7.01. The van der Waals surface area contributed by atoms with E-state index in [1.54, 1.807) is 12.1 Å². The number of benzene rings is 1. The highest BCUT2D eigenvalue weighted by Crippen LogP contribution is 2.34. The van der Waals surface area contributed by atoms with Crippen LogP contribution in [-0.4, -0.2) is 10.7 Å². The van der Waals surface area contributed by atoms with Crippen molar-refractivity contribution in [1.82, 2.24) is 5.32 Å². The maximum absolute atomic E-state index is 11.9. The third-order valence-corrected chi connectivity index (χ3v) is 4.04. The number of nitrogens with zero attached hydrogens (tertiary/aromatic N) is 1. The van der Waals surface area contributed by atoms with Crippen LogP contribution in [0.5, 0.6) is 0 Å². The predicted octanol–water partition coefficient (Wildman–Crippen LogP) is 3.19. The van der Waals surface area contributed by atoms with E-state index in [2.05, 4.69) is 5.32 Å². The fourth-order valence-corrected chi connectivity index (χ4v) is 2.91. The summed E-state index contributed by atoms with van der Waals surface area (Å²) < 4.78 is 0. The standard InChI is InChI=1S/C16H16N2O3/c1-10-9-13-14(3-2-4-15(13)19)17-16(10)11-5-7-12(8-6-11)18(20)21/h5-9,16-17H,2-4H2,1H3. The van der Waals surface area contributed by atoms with E-state index in [1.807, 2.05) is 13.0 Å². The van der Waals surface area contributed by atoms with Crippen molar-refractivity contribution in [2.45, 2.75) is 32.2 Å². The van der Waals surface area contributed by atoms with Gasteiger partial charge in [0.1, 0.15) is 0 Å². The number of nitro groups is 1. The number of dihydropyridines is 1. The number of hydrogen-bond donors (Lipinski definition) is 1. The van der Waals surface area contributed by atoms with Crippen LogP contribution in [0.2, 0.25) is 0 Å². The Morgan fingerprint density at radius 2 is 1.95 bits per heavy atom. The molecule has 1 aliphatic heterocycles. The molecule has 1 unspecified atom stereocenters. The number of nitrogens with one attached hydrogen (secondary N) is 1. The molecule has 1 atom stereocenters. The van der Waals surface area contributed by atoms with Gasteiger partial charge in [0.15, 0.2) is 5.78 Å². The van der Waals surface area contributed by atoms with Gasteiger partial charge in [0.2, 0.25) is 0 Å². The van der Waals surface area contributed by atoms with Crippen LogP contribution >= 0.6 is 0 Å². The van der Waals surface area contributed by atoms with E-state index in [4.69, 9.17) is 0 Å². The molecule has 21 heavy (non-hydrogen) atoms. The minimum Gasteiger partial charge on any atom is -0.377 e. The molecule has 0 spiro atoms. The summed E-state index contributed by atoms with van der Waals surface area (Å²) in [6.45, 7) is 1.98. The maximum Gasteiger partial charge on any atom is 0.269 e. The molecule has 0 bridgehead atoms. The van der Waals surface area contributed by atoms with Crippen LogP contribution in [0, 0.1) is 10.1 Å². The number of nitro benzene ring substituents is 1. The van der Waals surface area contributed by atoms with E-state index in [0.717, 1.165) is 35.2 Å². The lowest BCUT2D eigenvalue weighted by Crippen LogP contribution is -2.30. The number of carbonyl (C=O) groups is 1. The van der Waals surface area contributed by atoms with Gasteiger partial charge in [-0.1, -0.05) is 0 Å². The third kappa shape index (κ3) is 2.46. The zero-order valence-electron chi connectivity index (χ0n) is 11.8. The molecular weight excluding hydrogens is 268 g/mol. The smallest absolute Gasteiger partial charge is 0.269 e. The number of allylic oxidation sites excluding steroid dienone is 3. The van der Waals surface area contributed by atoms with E-state index in [1.165, 1.54) is 12.1 Å². The minimum absolute atomic E-state index is 0.0181. The van der Waals surface area contributed by atoms with Gasteiger partial charge in [-0.2, -0.15) is 0 Å². The normalized spacial score (nSPS) is 21.5. The molecule has 0 fully saturated rings. The van der Waals surface area contributed by atoms with Gasteiger partial charge in [-0.15, -0.1) is 0 Å². The van der Waals surface area contributed by atoms with Crippen molar-refractivity contribution in [3.63, 3.8) is 0 Å². The Morgan fingerprint density at radius 3 is 2.62 bits per heavy atom. The zero-order chi connectivity index (χ0) is 15.0. The number of ketones is 1. The average Bonchev–Trinajstić information content (AvgIpc) is 2.48. The topological polar surface area (TPSA) is 72.2 Å². The lowest BCUT2D eigenvalue weighted by molar-refractivity contribution is -0.384. The van der Waals surface area contributed by atoms with Crippen LogP contribution in [0.25, 0.3) is 0 Å². The van der Waals surface area contributed by atoms with Gasteiger partial charge in [0, 0.05) is 29.8 Å². The second-order valence-corrected chi connectivity index (χ2v) is 5.48. The third-order valence-electron chi connectivity index (χ3n) is 4.04. The van der Waals surface area contributed by atoms with Crippen LogP contribution in [0.4, 0.5) is 5.69 Å². The number of carbonyl (C=O) groups excluding carboxylic acids is 1. The average molecular weight is 284 g/mol. The molecule has 1 aliphatic carbocycles. The highest BCUT2D eigenvalue weighted by Gasteiger charge is 2.27. The minimum atomic E-state index is -0.402. The molecule has 5 nitrogen and oxygen atoms in total. The van der Waals surface area contributed by atoms with E-state index < -0.39 is 4.92 Å². The summed E-state index contributed by atoms with van der Waals surface area (Å²) in [6.07, 6.45) is 4.34. The largest absolute Gasteiger partial charge is 0.377 e. The molecule has 108 valence electrons. The van der Waals surface area contributed by atoms with Crippen LogP contribution in [0.3, 0.4) is 0 Å². The second kappa shape index (κ2) is 5.16. The fraction of sp³-hybridized carbons (Fsp3) is 0.312. The van der Waals surface area contributed by atoms with E-state index in [0.29, 0.717) is 6.42 Å².